The first kappa shape index (κ1) is 12.7. The predicted octanol–water partition coefficient (Wildman–Crippen LogP) is 3.65. The van der Waals surface area contributed by atoms with Crippen molar-refractivity contribution >= 4 is 27.2 Å². The van der Waals surface area contributed by atoms with Crippen molar-refractivity contribution in [2.75, 3.05) is 5.73 Å². The molecule has 0 spiro atoms. The number of anilines is 1. The van der Waals surface area contributed by atoms with Gasteiger partial charge in [-0.1, -0.05) is 0 Å². The van der Waals surface area contributed by atoms with E-state index in [1.165, 1.54) is 17.7 Å². The fourth-order valence-corrected chi connectivity index (χ4v) is 2.67. The summed E-state index contributed by atoms with van der Waals surface area (Å²) in [5, 5.41) is 1.89. The summed E-state index contributed by atoms with van der Waals surface area (Å²) in [5.74, 6) is -1.56. The standard InChI is InChI=1S/C13H9F2N3OS/c1-6-4-20-12-11(6)17-5-18-13(12)19-10-3-7(14)9(16)2-8(10)15/h2-5H,16H2,1H3. The van der Waals surface area contributed by atoms with E-state index >= 15 is 0 Å². The first-order valence-electron chi connectivity index (χ1n) is 5.67. The molecule has 0 fully saturated rings. The number of benzene rings is 1. The van der Waals surface area contributed by atoms with Crippen molar-refractivity contribution in [3.8, 4) is 11.6 Å². The summed E-state index contributed by atoms with van der Waals surface area (Å²) >= 11 is 1.38. The molecule has 0 amide bonds. The molecule has 4 nitrogen and oxygen atoms in total. The highest BCUT2D eigenvalue weighted by Gasteiger charge is 2.14. The normalized spacial score (nSPS) is 10.9. The smallest absolute Gasteiger partial charge is 0.240 e. The summed E-state index contributed by atoms with van der Waals surface area (Å²) in [6.45, 7) is 1.90. The van der Waals surface area contributed by atoms with E-state index in [1.807, 2.05) is 12.3 Å². The molecular weight excluding hydrogens is 284 g/mol. The number of halogens is 2. The Balaban J connectivity index is 2.08. The molecule has 0 radical (unpaired) electrons. The number of nitrogen functional groups attached to an aromatic ring is 1. The molecule has 102 valence electrons. The van der Waals surface area contributed by atoms with Crippen LogP contribution in [0.5, 0.6) is 11.6 Å². The van der Waals surface area contributed by atoms with Crippen LogP contribution >= 0.6 is 11.3 Å². The molecule has 0 atom stereocenters. The minimum absolute atomic E-state index is 0.191. The number of ether oxygens (including phenoxy) is 1. The number of hydrogen-bond donors (Lipinski definition) is 1. The molecule has 3 rings (SSSR count). The fraction of sp³-hybridized carbons (Fsp3) is 0.0769. The largest absolute Gasteiger partial charge is 0.434 e. The average molecular weight is 293 g/mol. The van der Waals surface area contributed by atoms with Gasteiger partial charge < -0.3 is 10.5 Å². The molecule has 2 aromatic heterocycles. The zero-order chi connectivity index (χ0) is 14.3. The minimum atomic E-state index is -0.746. The van der Waals surface area contributed by atoms with E-state index in [0.717, 1.165) is 23.2 Å². The summed E-state index contributed by atoms with van der Waals surface area (Å²) in [5.41, 5.74) is 6.72. The van der Waals surface area contributed by atoms with Gasteiger partial charge in [-0.2, -0.15) is 0 Å². The molecule has 0 aliphatic carbocycles. The summed E-state index contributed by atoms with van der Waals surface area (Å²) in [6, 6.07) is 1.78. The lowest BCUT2D eigenvalue weighted by Gasteiger charge is -2.07. The number of aromatic nitrogens is 2. The maximum absolute atomic E-state index is 13.7. The van der Waals surface area contributed by atoms with Gasteiger partial charge in [-0.3, -0.25) is 0 Å². The summed E-state index contributed by atoms with van der Waals surface area (Å²) in [7, 11) is 0. The molecule has 0 aliphatic rings. The van der Waals surface area contributed by atoms with Crippen molar-refractivity contribution in [3.63, 3.8) is 0 Å². The highest BCUT2D eigenvalue weighted by Crippen LogP contribution is 2.34. The van der Waals surface area contributed by atoms with Crippen LogP contribution in [0.3, 0.4) is 0 Å². The predicted molar refractivity (Wildman–Crippen MR) is 73.0 cm³/mol. The zero-order valence-electron chi connectivity index (χ0n) is 10.4. The lowest BCUT2D eigenvalue weighted by Crippen LogP contribution is -1.97. The van der Waals surface area contributed by atoms with Gasteiger partial charge in [-0.25, -0.2) is 18.7 Å². The van der Waals surface area contributed by atoms with Crippen LogP contribution in [0.1, 0.15) is 5.56 Å². The Labute approximate surface area is 116 Å². The molecule has 20 heavy (non-hydrogen) atoms. The van der Waals surface area contributed by atoms with Crippen molar-refractivity contribution in [2.24, 2.45) is 0 Å². The van der Waals surface area contributed by atoms with E-state index in [1.54, 1.807) is 0 Å². The molecule has 2 N–H and O–H groups in total. The van der Waals surface area contributed by atoms with E-state index in [9.17, 15) is 8.78 Å². The van der Waals surface area contributed by atoms with E-state index in [4.69, 9.17) is 10.5 Å². The topological polar surface area (TPSA) is 61.0 Å². The van der Waals surface area contributed by atoms with Gasteiger partial charge in [-0.15, -0.1) is 11.3 Å². The Morgan fingerprint density at radius 2 is 2.00 bits per heavy atom. The number of thiophene rings is 1. The highest BCUT2D eigenvalue weighted by molar-refractivity contribution is 7.17. The van der Waals surface area contributed by atoms with Crippen LogP contribution in [0.15, 0.2) is 23.8 Å². The van der Waals surface area contributed by atoms with Crippen molar-refractivity contribution in [2.45, 2.75) is 6.92 Å². The fourth-order valence-electron chi connectivity index (χ4n) is 1.75. The molecule has 3 aromatic rings. The Bertz CT molecular complexity index is 804. The van der Waals surface area contributed by atoms with Crippen LogP contribution in [0.25, 0.3) is 10.2 Å². The molecular formula is C13H9F2N3OS. The van der Waals surface area contributed by atoms with Crippen LogP contribution in [-0.4, -0.2) is 9.97 Å². The summed E-state index contributed by atoms with van der Waals surface area (Å²) < 4.78 is 33.1. The Kier molecular flexibility index (Phi) is 2.98. The van der Waals surface area contributed by atoms with E-state index in [0.29, 0.717) is 4.70 Å². The van der Waals surface area contributed by atoms with E-state index in [-0.39, 0.29) is 17.3 Å². The Morgan fingerprint density at radius 1 is 1.20 bits per heavy atom. The number of aryl methyl sites for hydroxylation is 1. The van der Waals surface area contributed by atoms with Gasteiger partial charge in [-0.05, 0) is 17.9 Å². The number of hydrogen-bond acceptors (Lipinski definition) is 5. The lowest BCUT2D eigenvalue weighted by atomic mass is 10.3. The molecule has 7 heteroatoms. The van der Waals surface area contributed by atoms with E-state index in [2.05, 4.69) is 9.97 Å². The zero-order valence-corrected chi connectivity index (χ0v) is 11.2. The second kappa shape index (κ2) is 4.68. The van der Waals surface area contributed by atoms with Crippen molar-refractivity contribution in [1.82, 2.24) is 9.97 Å². The molecule has 0 bridgehead atoms. The maximum atomic E-state index is 13.7. The summed E-state index contributed by atoms with van der Waals surface area (Å²) in [4.78, 5) is 8.09. The second-order valence-corrected chi connectivity index (χ2v) is 5.06. The third-order valence-corrected chi connectivity index (χ3v) is 3.83. The first-order chi connectivity index (χ1) is 9.56. The molecule has 1 aromatic carbocycles. The van der Waals surface area contributed by atoms with Crippen molar-refractivity contribution < 1.29 is 13.5 Å². The van der Waals surface area contributed by atoms with E-state index < -0.39 is 11.6 Å². The molecule has 0 saturated carbocycles. The van der Waals surface area contributed by atoms with Crippen molar-refractivity contribution in [3.05, 3.63) is 41.0 Å². The lowest BCUT2D eigenvalue weighted by molar-refractivity contribution is 0.427. The minimum Gasteiger partial charge on any atom is -0.434 e. The third-order valence-electron chi connectivity index (χ3n) is 2.76. The van der Waals surface area contributed by atoms with Crippen LogP contribution < -0.4 is 10.5 Å². The third kappa shape index (κ3) is 2.05. The number of rotatable bonds is 2. The summed E-state index contributed by atoms with van der Waals surface area (Å²) in [6.07, 6.45) is 1.32. The average Bonchev–Trinajstić information content (AvgIpc) is 2.79. The van der Waals surface area contributed by atoms with Gasteiger partial charge in [0.05, 0.1) is 11.2 Å². The van der Waals surface area contributed by atoms with Gasteiger partial charge in [0.15, 0.2) is 11.6 Å². The van der Waals surface area contributed by atoms with Gasteiger partial charge in [0.2, 0.25) is 5.88 Å². The van der Waals surface area contributed by atoms with Gasteiger partial charge in [0.25, 0.3) is 0 Å². The monoisotopic (exact) mass is 293 g/mol. The van der Waals surface area contributed by atoms with Crippen LogP contribution in [0.2, 0.25) is 0 Å². The molecule has 0 saturated heterocycles. The highest BCUT2D eigenvalue weighted by atomic mass is 32.1. The quantitative estimate of drug-likeness (QED) is 0.733. The molecule has 0 aliphatic heterocycles. The van der Waals surface area contributed by atoms with Crippen LogP contribution in [0.4, 0.5) is 14.5 Å². The maximum Gasteiger partial charge on any atom is 0.240 e. The van der Waals surface area contributed by atoms with Crippen molar-refractivity contribution in [1.29, 1.82) is 0 Å². The Morgan fingerprint density at radius 3 is 2.80 bits per heavy atom. The number of nitrogens with zero attached hydrogens (tertiary/aromatic N) is 2. The number of nitrogens with two attached hydrogens (primary N) is 1. The first-order valence-corrected chi connectivity index (χ1v) is 6.55. The van der Waals surface area contributed by atoms with Gasteiger partial charge in [0.1, 0.15) is 16.8 Å². The second-order valence-electron chi connectivity index (χ2n) is 4.18. The van der Waals surface area contributed by atoms with Gasteiger partial charge >= 0.3 is 0 Å². The SMILES string of the molecule is Cc1csc2c(Oc3cc(F)c(N)cc3F)ncnc12. The number of fused-ring (bicyclic) bond motifs is 1. The van der Waals surface area contributed by atoms with Crippen LogP contribution in [0, 0.1) is 18.6 Å². The van der Waals surface area contributed by atoms with Crippen LogP contribution in [-0.2, 0) is 0 Å². The Hall–Kier alpha value is -2.28. The van der Waals surface area contributed by atoms with Gasteiger partial charge in [0, 0.05) is 12.1 Å². The molecule has 0 unspecified atom stereocenters. The molecule has 2 heterocycles.